The molecular formula is C17H29N3. The minimum absolute atomic E-state index is 0.226. The summed E-state index contributed by atoms with van der Waals surface area (Å²) in [5.41, 5.74) is -0.226. The van der Waals surface area contributed by atoms with E-state index in [4.69, 9.17) is 0 Å². The summed E-state index contributed by atoms with van der Waals surface area (Å²) >= 11 is 0. The summed E-state index contributed by atoms with van der Waals surface area (Å²) in [4.78, 5) is 2.73. The van der Waals surface area contributed by atoms with Crippen LogP contribution in [-0.2, 0) is 0 Å². The first-order valence-electron chi connectivity index (χ1n) is 8.71. The Kier molecular flexibility index (Phi) is 4.33. The molecule has 3 aliphatic carbocycles. The maximum absolute atomic E-state index is 9.72. The summed E-state index contributed by atoms with van der Waals surface area (Å²) in [7, 11) is 0. The van der Waals surface area contributed by atoms with Crippen LogP contribution in [-0.4, -0.2) is 35.1 Å². The minimum atomic E-state index is -0.226. The molecular weight excluding hydrogens is 246 g/mol. The SMILES string of the molecule is CCN(C1CCCC1)C1CCCC(C#N)(NC2CC2)C1. The van der Waals surface area contributed by atoms with Gasteiger partial charge >= 0.3 is 0 Å². The second-order valence-electron chi connectivity index (χ2n) is 7.13. The molecule has 3 aliphatic rings. The lowest BCUT2D eigenvalue weighted by Gasteiger charge is -2.44. The van der Waals surface area contributed by atoms with Gasteiger partial charge in [-0.3, -0.25) is 10.2 Å². The van der Waals surface area contributed by atoms with Gasteiger partial charge in [-0.05, 0) is 57.9 Å². The molecule has 112 valence electrons. The van der Waals surface area contributed by atoms with Crippen LogP contribution in [0.25, 0.3) is 0 Å². The summed E-state index contributed by atoms with van der Waals surface area (Å²) in [6.45, 7) is 3.45. The molecule has 3 fully saturated rings. The quantitative estimate of drug-likeness (QED) is 0.837. The zero-order valence-electron chi connectivity index (χ0n) is 12.9. The third kappa shape index (κ3) is 3.02. The van der Waals surface area contributed by atoms with Gasteiger partial charge in [-0.2, -0.15) is 5.26 Å². The molecule has 0 heterocycles. The van der Waals surface area contributed by atoms with E-state index < -0.39 is 0 Å². The number of nitriles is 1. The molecule has 0 saturated heterocycles. The predicted octanol–water partition coefficient (Wildman–Crippen LogP) is 3.21. The van der Waals surface area contributed by atoms with Crippen LogP contribution in [0.4, 0.5) is 0 Å². The van der Waals surface area contributed by atoms with Crippen molar-refractivity contribution >= 4 is 0 Å². The molecule has 0 aromatic rings. The van der Waals surface area contributed by atoms with Crippen molar-refractivity contribution < 1.29 is 0 Å². The van der Waals surface area contributed by atoms with Gasteiger partial charge in [0.15, 0.2) is 0 Å². The topological polar surface area (TPSA) is 39.1 Å². The molecule has 0 spiro atoms. The molecule has 0 aliphatic heterocycles. The first kappa shape index (κ1) is 14.4. The van der Waals surface area contributed by atoms with Gasteiger partial charge in [-0.25, -0.2) is 0 Å². The number of hydrogen-bond acceptors (Lipinski definition) is 3. The van der Waals surface area contributed by atoms with Gasteiger partial charge in [0.2, 0.25) is 0 Å². The summed E-state index contributed by atoms with van der Waals surface area (Å²) in [6, 6.07) is 4.70. The van der Waals surface area contributed by atoms with Crippen molar-refractivity contribution in [1.82, 2.24) is 10.2 Å². The Morgan fingerprint density at radius 1 is 1.10 bits per heavy atom. The standard InChI is InChI=1S/C17H29N3/c1-2-20(15-6-3-4-7-15)16-8-5-11-17(12-16,13-18)19-14-9-10-14/h14-16,19H,2-12H2,1H3. The van der Waals surface area contributed by atoms with Crippen LogP contribution in [0, 0.1) is 11.3 Å². The van der Waals surface area contributed by atoms with E-state index in [1.165, 1.54) is 51.4 Å². The second kappa shape index (κ2) is 6.03. The summed E-state index contributed by atoms with van der Waals surface area (Å²) < 4.78 is 0. The molecule has 3 saturated carbocycles. The van der Waals surface area contributed by atoms with E-state index in [2.05, 4.69) is 23.2 Å². The molecule has 2 atom stereocenters. The fourth-order valence-corrected chi connectivity index (χ4v) is 4.46. The summed E-state index contributed by atoms with van der Waals surface area (Å²) in [6.07, 6.45) is 12.7. The number of nitrogens with zero attached hydrogens (tertiary/aromatic N) is 2. The van der Waals surface area contributed by atoms with Crippen molar-refractivity contribution in [1.29, 1.82) is 5.26 Å². The molecule has 1 N–H and O–H groups in total. The van der Waals surface area contributed by atoms with Crippen LogP contribution >= 0.6 is 0 Å². The number of rotatable bonds is 5. The molecule has 3 heteroatoms. The zero-order chi connectivity index (χ0) is 14.0. The van der Waals surface area contributed by atoms with Gasteiger partial charge in [0.25, 0.3) is 0 Å². The van der Waals surface area contributed by atoms with Crippen LogP contribution in [0.15, 0.2) is 0 Å². The average Bonchev–Trinajstić information content (AvgIpc) is 3.11. The van der Waals surface area contributed by atoms with Crippen LogP contribution in [0.1, 0.15) is 71.1 Å². The van der Waals surface area contributed by atoms with Crippen LogP contribution in [0.5, 0.6) is 0 Å². The Bertz CT molecular complexity index is 365. The monoisotopic (exact) mass is 275 g/mol. The third-order valence-electron chi connectivity index (χ3n) is 5.62. The first-order chi connectivity index (χ1) is 9.76. The smallest absolute Gasteiger partial charge is 0.108 e. The van der Waals surface area contributed by atoms with E-state index >= 15 is 0 Å². The highest BCUT2D eigenvalue weighted by Crippen LogP contribution is 2.36. The number of nitrogens with one attached hydrogen (secondary N) is 1. The molecule has 20 heavy (non-hydrogen) atoms. The highest BCUT2D eigenvalue weighted by molar-refractivity contribution is 5.13. The highest BCUT2D eigenvalue weighted by atomic mass is 15.2. The lowest BCUT2D eigenvalue weighted by atomic mass is 9.78. The van der Waals surface area contributed by atoms with Gasteiger partial charge in [-0.15, -0.1) is 0 Å². The lowest BCUT2D eigenvalue weighted by Crippen LogP contribution is -2.55. The molecule has 2 unspecified atom stereocenters. The van der Waals surface area contributed by atoms with E-state index in [1.807, 2.05) is 0 Å². The van der Waals surface area contributed by atoms with E-state index in [0.29, 0.717) is 12.1 Å². The Labute approximate surface area is 123 Å². The van der Waals surface area contributed by atoms with Gasteiger partial charge in [-0.1, -0.05) is 19.8 Å². The Morgan fingerprint density at radius 2 is 1.80 bits per heavy atom. The van der Waals surface area contributed by atoms with Gasteiger partial charge < -0.3 is 0 Å². The zero-order valence-corrected chi connectivity index (χ0v) is 12.9. The Morgan fingerprint density at radius 3 is 2.40 bits per heavy atom. The lowest BCUT2D eigenvalue weighted by molar-refractivity contribution is 0.0855. The van der Waals surface area contributed by atoms with Crippen LogP contribution in [0.2, 0.25) is 0 Å². The average molecular weight is 275 g/mol. The normalized spacial score (nSPS) is 35.4. The van der Waals surface area contributed by atoms with Gasteiger partial charge in [0, 0.05) is 18.1 Å². The fraction of sp³-hybridized carbons (Fsp3) is 0.941. The maximum Gasteiger partial charge on any atom is 0.108 e. The number of hydrogen-bond donors (Lipinski definition) is 1. The highest BCUT2D eigenvalue weighted by Gasteiger charge is 2.42. The summed E-state index contributed by atoms with van der Waals surface area (Å²) in [5, 5.41) is 13.4. The Hall–Kier alpha value is -0.590. The molecule has 0 radical (unpaired) electrons. The second-order valence-corrected chi connectivity index (χ2v) is 7.13. The molecule has 0 aromatic heterocycles. The van der Waals surface area contributed by atoms with Crippen molar-refractivity contribution in [2.45, 2.75) is 94.8 Å². The van der Waals surface area contributed by atoms with Crippen LogP contribution in [0.3, 0.4) is 0 Å². The third-order valence-corrected chi connectivity index (χ3v) is 5.62. The molecule has 0 aromatic carbocycles. The fourth-order valence-electron chi connectivity index (χ4n) is 4.46. The van der Waals surface area contributed by atoms with Gasteiger partial charge in [0.1, 0.15) is 5.54 Å². The maximum atomic E-state index is 9.72. The minimum Gasteiger partial charge on any atom is -0.298 e. The largest absolute Gasteiger partial charge is 0.298 e. The molecule has 3 rings (SSSR count). The van der Waals surface area contributed by atoms with E-state index in [0.717, 1.165) is 25.4 Å². The predicted molar refractivity (Wildman–Crippen MR) is 81.4 cm³/mol. The first-order valence-corrected chi connectivity index (χ1v) is 8.71. The molecule has 3 nitrogen and oxygen atoms in total. The summed E-state index contributed by atoms with van der Waals surface area (Å²) in [5.74, 6) is 0. The molecule has 0 bridgehead atoms. The van der Waals surface area contributed by atoms with Crippen molar-refractivity contribution in [2.75, 3.05) is 6.54 Å². The van der Waals surface area contributed by atoms with E-state index in [9.17, 15) is 5.26 Å². The van der Waals surface area contributed by atoms with E-state index in [1.54, 1.807) is 0 Å². The van der Waals surface area contributed by atoms with Gasteiger partial charge in [0.05, 0.1) is 6.07 Å². The Balaban J connectivity index is 1.67. The van der Waals surface area contributed by atoms with Crippen molar-refractivity contribution in [3.63, 3.8) is 0 Å². The molecule has 0 amide bonds. The van der Waals surface area contributed by atoms with Crippen molar-refractivity contribution in [3.05, 3.63) is 0 Å². The van der Waals surface area contributed by atoms with Crippen molar-refractivity contribution in [3.8, 4) is 6.07 Å². The van der Waals surface area contributed by atoms with Crippen molar-refractivity contribution in [2.24, 2.45) is 0 Å². The van der Waals surface area contributed by atoms with E-state index in [-0.39, 0.29) is 5.54 Å². The van der Waals surface area contributed by atoms with Crippen LogP contribution < -0.4 is 5.32 Å².